The Bertz CT molecular complexity index is 364. The molecular formula is C12H13BrF2O. The predicted molar refractivity (Wildman–Crippen MR) is 61.6 cm³/mol. The lowest BCUT2D eigenvalue weighted by Crippen LogP contribution is -2.19. The highest BCUT2D eigenvalue weighted by atomic mass is 79.9. The molecule has 1 nitrogen and oxygen atoms in total. The Hall–Kier alpha value is -0.480. The topological polar surface area (TPSA) is 9.23 Å². The van der Waals surface area contributed by atoms with Crippen LogP contribution in [0.5, 0.6) is 0 Å². The van der Waals surface area contributed by atoms with Crippen LogP contribution in [0.1, 0.15) is 23.2 Å². The monoisotopic (exact) mass is 290 g/mol. The first-order valence-electron chi connectivity index (χ1n) is 5.35. The molecular weight excluding hydrogens is 278 g/mol. The van der Waals surface area contributed by atoms with Gasteiger partial charge in [-0.3, -0.25) is 0 Å². The van der Waals surface area contributed by atoms with Crippen LogP contribution in [0.4, 0.5) is 8.78 Å². The second-order valence-corrected chi connectivity index (χ2v) is 5.01. The van der Waals surface area contributed by atoms with Crippen molar-refractivity contribution < 1.29 is 13.5 Å². The quantitative estimate of drug-likeness (QED) is 0.752. The zero-order chi connectivity index (χ0) is 11.5. The van der Waals surface area contributed by atoms with Gasteiger partial charge in [-0.2, -0.15) is 0 Å². The molecule has 0 saturated carbocycles. The summed E-state index contributed by atoms with van der Waals surface area (Å²) in [5, 5.41) is 0. The van der Waals surface area contributed by atoms with E-state index in [9.17, 15) is 8.78 Å². The lowest BCUT2D eigenvalue weighted by molar-refractivity contribution is 0.0662. The number of benzene rings is 1. The molecule has 88 valence electrons. The van der Waals surface area contributed by atoms with Gasteiger partial charge in [0.05, 0.1) is 0 Å². The summed E-state index contributed by atoms with van der Waals surface area (Å²) < 4.78 is 31.2. The van der Waals surface area contributed by atoms with Gasteiger partial charge in [0, 0.05) is 18.0 Å². The number of halogens is 3. The highest BCUT2D eigenvalue weighted by Crippen LogP contribution is 2.37. The third-order valence-corrected chi connectivity index (χ3v) is 4.22. The highest BCUT2D eigenvalue weighted by molar-refractivity contribution is 9.09. The maximum atomic E-state index is 13.1. The first kappa shape index (κ1) is 12.0. The number of ether oxygens (including phenoxy) is 1. The second-order valence-electron chi connectivity index (χ2n) is 4.03. The zero-order valence-corrected chi connectivity index (χ0v) is 10.3. The van der Waals surface area contributed by atoms with Gasteiger partial charge in [-0.25, -0.2) is 8.78 Å². The van der Waals surface area contributed by atoms with Crippen LogP contribution in [0.3, 0.4) is 0 Å². The summed E-state index contributed by atoms with van der Waals surface area (Å²) in [6.07, 6.45) is 1.91. The molecule has 4 heteroatoms. The molecule has 1 aliphatic rings. The summed E-state index contributed by atoms with van der Waals surface area (Å²) in [6, 6.07) is 4.08. The van der Waals surface area contributed by atoms with Crippen molar-refractivity contribution in [3.8, 4) is 0 Å². The van der Waals surface area contributed by atoms with Crippen LogP contribution >= 0.6 is 15.9 Å². The van der Waals surface area contributed by atoms with E-state index in [4.69, 9.17) is 4.74 Å². The number of rotatable bonds is 2. The minimum atomic E-state index is -0.796. The van der Waals surface area contributed by atoms with Crippen LogP contribution in [0.15, 0.2) is 18.2 Å². The fourth-order valence-corrected chi connectivity index (χ4v) is 2.78. The molecule has 0 bridgehead atoms. The van der Waals surface area contributed by atoms with Crippen LogP contribution in [-0.2, 0) is 4.74 Å². The molecule has 1 unspecified atom stereocenters. The average molecular weight is 291 g/mol. The van der Waals surface area contributed by atoms with Gasteiger partial charge < -0.3 is 4.74 Å². The molecule has 2 rings (SSSR count). The number of hydrogen-bond donors (Lipinski definition) is 0. The molecule has 0 aromatic heterocycles. The van der Waals surface area contributed by atoms with Crippen LogP contribution in [-0.4, -0.2) is 13.2 Å². The van der Waals surface area contributed by atoms with Gasteiger partial charge in [-0.1, -0.05) is 22.0 Å². The van der Waals surface area contributed by atoms with Crippen molar-refractivity contribution in [3.63, 3.8) is 0 Å². The van der Waals surface area contributed by atoms with E-state index in [0.29, 0.717) is 5.92 Å². The Morgan fingerprint density at radius 1 is 1.19 bits per heavy atom. The van der Waals surface area contributed by atoms with E-state index >= 15 is 0 Å². The molecule has 0 radical (unpaired) electrons. The van der Waals surface area contributed by atoms with Gasteiger partial charge in [0.2, 0.25) is 0 Å². The van der Waals surface area contributed by atoms with Crippen molar-refractivity contribution in [3.05, 3.63) is 35.4 Å². The van der Waals surface area contributed by atoms with Gasteiger partial charge >= 0.3 is 0 Å². The molecule has 1 atom stereocenters. The smallest absolute Gasteiger partial charge is 0.159 e. The van der Waals surface area contributed by atoms with Crippen LogP contribution in [0.2, 0.25) is 0 Å². The molecule has 1 heterocycles. The fourth-order valence-electron chi connectivity index (χ4n) is 1.96. The minimum Gasteiger partial charge on any atom is -0.381 e. The Morgan fingerprint density at radius 3 is 2.50 bits per heavy atom. The molecule has 0 spiro atoms. The maximum Gasteiger partial charge on any atom is 0.159 e. The standard InChI is InChI=1S/C12H13BrF2O/c13-12(8-3-5-16-6-4-8)9-1-2-10(14)11(15)7-9/h1-2,7-8,12H,3-6H2. The average Bonchev–Trinajstić information content (AvgIpc) is 2.33. The lowest BCUT2D eigenvalue weighted by atomic mass is 9.92. The molecule has 1 aromatic carbocycles. The molecule has 1 saturated heterocycles. The molecule has 0 aliphatic carbocycles. The summed E-state index contributed by atoms with van der Waals surface area (Å²) in [7, 11) is 0. The van der Waals surface area contributed by atoms with Gasteiger partial charge in [-0.05, 0) is 36.5 Å². The lowest BCUT2D eigenvalue weighted by Gasteiger charge is -2.26. The normalized spacial score (nSPS) is 19.7. The molecule has 0 N–H and O–H groups in total. The summed E-state index contributed by atoms with van der Waals surface area (Å²) in [4.78, 5) is 0.0755. The Balaban J connectivity index is 2.12. The van der Waals surface area contributed by atoms with Gasteiger partial charge in [0.25, 0.3) is 0 Å². The van der Waals surface area contributed by atoms with Crippen molar-refractivity contribution in [1.29, 1.82) is 0 Å². The van der Waals surface area contributed by atoms with Crippen molar-refractivity contribution in [1.82, 2.24) is 0 Å². The Morgan fingerprint density at radius 2 is 1.88 bits per heavy atom. The van der Waals surface area contributed by atoms with E-state index in [2.05, 4.69) is 15.9 Å². The van der Waals surface area contributed by atoms with Gasteiger partial charge in [0.1, 0.15) is 0 Å². The van der Waals surface area contributed by atoms with E-state index in [0.717, 1.165) is 31.6 Å². The van der Waals surface area contributed by atoms with Crippen molar-refractivity contribution in [2.75, 3.05) is 13.2 Å². The Labute approximate surface area is 102 Å². The summed E-state index contributed by atoms with van der Waals surface area (Å²) >= 11 is 3.56. The summed E-state index contributed by atoms with van der Waals surface area (Å²) in [5.74, 6) is -1.15. The SMILES string of the molecule is Fc1ccc(C(Br)C2CCOCC2)cc1F. The summed E-state index contributed by atoms with van der Waals surface area (Å²) in [6.45, 7) is 1.49. The third-order valence-electron chi connectivity index (χ3n) is 2.94. The molecule has 1 fully saturated rings. The fraction of sp³-hybridized carbons (Fsp3) is 0.500. The van der Waals surface area contributed by atoms with Crippen LogP contribution in [0.25, 0.3) is 0 Å². The molecule has 1 aromatic rings. The first-order chi connectivity index (χ1) is 7.68. The molecule has 0 amide bonds. The van der Waals surface area contributed by atoms with E-state index in [1.54, 1.807) is 6.07 Å². The van der Waals surface area contributed by atoms with Crippen LogP contribution < -0.4 is 0 Å². The molecule has 1 aliphatic heterocycles. The third kappa shape index (κ3) is 2.61. The molecule has 16 heavy (non-hydrogen) atoms. The van der Waals surface area contributed by atoms with Crippen LogP contribution in [0, 0.1) is 17.6 Å². The van der Waals surface area contributed by atoms with E-state index in [-0.39, 0.29) is 4.83 Å². The Kier molecular flexibility index (Phi) is 3.92. The van der Waals surface area contributed by atoms with E-state index in [1.165, 1.54) is 12.1 Å². The van der Waals surface area contributed by atoms with E-state index in [1.807, 2.05) is 0 Å². The van der Waals surface area contributed by atoms with Crippen molar-refractivity contribution in [2.24, 2.45) is 5.92 Å². The van der Waals surface area contributed by atoms with Gasteiger partial charge in [0.15, 0.2) is 11.6 Å². The maximum absolute atomic E-state index is 13.1. The zero-order valence-electron chi connectivity index (χ0n) is 8.76. The predicted octanol–water partition coefficient (Wildman–Crippen LogP) is 3.83. The van der Waals surface area contributed by atoms with Gasteiger partial charge in [-0.15, -0.1) is 0 Å². The van der Waals surface area contributed by atoms with Crippen molar-refractivity contribution in [2.45, 2.75) is 17.7 Å². The highest BCUT2D eigenvalue weighted by Gasteiger charge is 2.23. The van der Waals surface area contributed by atoms with E-state index < -0.39 is 11.6 Å². The summed E-state index contributed by atoms with van der Waals surface area (Å²) in [5.41, 5.74) is 0.797. The van der Waals surface area contributed by atoms with Crippen molar-refractivity contribution >= 4 is 15.9 Å². The largest absolute Gasteiger partial charge is 0.381 e. The second kappa shape index (κ2) is 5.23. The first-order valence-corrected chi connectivity index (χ1v) is 6.27. The minimum absolute atomic E-state index is 0.0755. The number of hydrogen-bond acceptors (Lipinski definition) is 1. The number of alkyl halides is 1.